The van der Waals surface area contributed by atoms with Gasteiger partial charge in [-0.25, -0.2) is 12.8 Å². The van der Waals surface area contributed by atoms with Crippen LogP contribution < -0.4 is 10.0 Å². The Balaban J connectivity index is 2.54. The third-order valence-electron chi connectivity index (χ3n) is 2.95. The average molecular weight is 329 g/mol. The van der Waals surface area contributed by atoms with E-state index in [1.54, 1.807) is 6.92 Å². The number of hydrogen-bond donors (Lipinski definition) is 1. The molecule has 0 saturated heterocycles. The molecular weight excluding hydrogens is 315 g/mol. The number of halogens is 2. The number of anilines is 2. The summed E-state index contributed by atoms with van der Waals surface area (Å²) in [5, 5.41) is 0.276. The fourth-order valence-electron chi connectivity index (χ4n) is 1.95. The van der Waals surface area contributed by atoms with Gasteiger partial charge in [-0.1, -0.05) is 11.6 Å². The molecular formula is C14H14ClFN2O2S. The molecule has 0 atom stereocenters. The number of benzene rings is 2. The molecule has 0 aliphatic heterocycles. The molecule has 0 saturated carbocycles. The summed E-state index contributed by atoms with van der Waals surface area (Å²) in [4.78, 5) is -0.0684. The van der Waals surface area contributed by atoms with Crippen molar-refractivity contribution in [3.05, 3.63) is 53.3 Å². The van der Waals surface area contributed by atoms with Crippen molar-refractivity contribution < 1.29 is 12.8 Å². The lowest BCUT2D eigenvalue weighted by Crippen LogP contribution is -2.31. The zero-order chi connectivity index (χ0) is 15.6. The van der Waals surface area contributed by atoms with E-state index in [0.717, 1.165) is 4.31 Å². The van der Waals surface area contributed by atoms with Gasteiger partial charge in [0.1, 0.15) is 10.7 Å². The van der Waals surface area contributed by atoms with Crippen LogP contribution in [0.15, 0.2) is 47.4 Å². The molecule has 0 aliphatic rings. The van der Waals surface area contributed by atoms with Crippen LogP contribution in [0.25, 0.3) is 0 Å². The Hall–Kier alpha value is -1.79. The Morgan fingerprint density at radius 1 is 1.19 bits per heavy atom. The lowest BCUT2D eigenvalue weighted by molar-refractivity contribution is 0.592. The normalized spacial score (nSPS) is 11.4. The van der Waals surface area contributed by atoms with Crippen LogP contribution in [0.5, 0.6) is 0 Å². The van der Waals surface area contributed by atoms with Crippen LogP contribution in [0.2, 0.25) is 5.02 Å². The van der Waals surface area contributed by atoms with Gasteiger partial charge in [0.15, 0.2) is 0 Å². The highest BCUT2D eigenvalue weighted by Gasteiger charge is 2.26. The zero-order valence-electron chi connectivity index (χ0n) is 11.3. The van der Waals surface area contributed by atoms with Gasteiger partial charge in [0.05, 0.1) is 11.4 Å². The highest BCUT2D eigenvalue weighted by molar-refractivity contribution is 7.93. The molecule has 2 aromatic carbocycles. The minimum atomic E-state index is -3.87. The maximum atomic E-state index is 13.0. The molecule has 2 aromatic rings. The molecule has 0 aliphatic carbocycles. The molecule has 0 fully saturated rings. The van der Waals surface area contributed by atoms with Gasteiger partial charge in [0, 0.05) is 11.6 Å². The van der Waals surface area contributed by atoms with Crippen LogP contribution in [0, 0.1) is 5.82 Å². The summed E-state index contributed by atoms with van der Waals surface area (Å²) in [5.41, 5.74) is 6.22. The molecule has 0 amide bonds. The lowest BCUT2D eigenvalue weighted by Gasteiger charge is -2.23. The van der Waals surface area contributed by atoms with Crippen LogP contribution in [-0.2, 0) is 10.0 Å². The molecule has 0 spiro atoms. The van der Waals surface area contributed by atoms with Crippen molar-refractivity contribution in [2.75, 3.05) is 16.6 Å². The maximum Gasteiger partial charge on any atom is 0.266 e. The van der Waals surface area contributed by atoms with E-state index in [4.69, 9.17) is 17.3 Å². The Labute approximate surface area is 128 Å². The molecule has 4 nitrogen and oxygen atoms in total. The van der Waals surface area contributed by atoms with E-state index in [-0.39, 0.29) is 22.2 Å². The van der Waals surface area contributed by atoms with Gasteiger partial charge in [0.2, 0.25) is 0 Å². The van der Waals surface area contributed by atoms with Crippen molar-refractivity contribution in [3.63, 3.8) is 0 Å². The topological polar surface area (TPSA) is 63.4 Å². The summed E-state index contributed by atoms with van der Waals surface area (Å²) in [5.74, 6) is -0.436. The van der Waals surface area contributed by atoms with E-state index in [1.807, 2.05) is 0 Å². The Morgan fingerprint density at radius 3 is 2.38 bits per heavy atom. The molecule has 7 heteroatoms. The predicted octanol–water partition coefficient (Wildman–Crippen LogP) is 3.28. The first kappa shape index (κ1) is 15.6. The van der Waals surface area contributed by atoms with E-state index >= 15 is 0 Å². The fraction of sp³-hybridized carbons (Fsp3) is 0.143. The van der Waals surface area contributed by atoms with E-state index in [9.17, 15) is 12.8 Å². The van der Waals surface area contributed by atoms with E-state index in [1.165, 1.54) is 42.5 Å². The highest BCUT2D eigenvalue weighted by atomic mass is 35.5. The average Bonchev–Trinajstić information content (AvgIpc) is 2.44. The Bertz CT molecular complexity index is 748. The predicted molar refractivity (Wildman–Crippen MR) is 82.5 cm³/mol. The van der Waals surface area contributed by atoms with Gasteiger partial charge in [-0.2, -0.15) is 0 Å². The maximum absolute atomic E-state index is 13.0. The van der Waals surface area contributed by atoms with Crippen molar-refractivity contribution in [1.29, 1.82) is 0 Å². The molecule has 0 unspecified atom stereocenters. The second-order valence-electron chi connectivity index (χ2n) is 4.33. The van der Waals surface area contributed by atoms with Crippen molar-refractivity contribution in [2.24, 2.45) is 0 Å². The molecule has 0 bridgehead atoms. The third-order valence-corrected chi connectivity index (χ3v) is 5.14. The van der Waals surface area contributed by atoms with E-state index in [2.05, 4.69) is 0 Å². The smallest absolute Gasteiger partial charge is 0.266 e. The summed E-state index contributed by atoms with van der Waals surface area (Å²) in [6, 6.07) is 9.47. The molecule has 0 heterocycles. The Kier molecular flexibility index (Phi) is 4.39. The molecule has 112 valence electrons. The number of rotatable bonds is 4. The van der Waals surface area contributed by atoms with Crippen LogP contribution in [0.1, 0.15) is 6.92 Å². The van der Waals surface area contributed by atoms with Crippen molar-refractivity contribution in [1.82, 2.24) is 0 Å². The number of nitrogens with zero attached hydrogens (tertiary/aromatic N) is 1. The van der Waals surface area contributed by atoms with Gasteiger partial charge in [-0.05, 0) is 49.4 Å². The van der Waals surface area contributed by atoms with Gasteiger partial charge >= 0.3 is 0 Å². The van der Waals surface area contributed by atoms with Gasteiger partial charge in [0.25, 0.3) is 10.0 Å². The Morgan fingerprint density at radius 2 is 1.81 bits per heavy atom. The summed E-state index contributed by atoms with van der Waals surface area (Å²) < 4.78 is 39.6. The van der Waals surface area contributed by atoms with Gasteiger partial charge in [-0.3, -0.25) is 4.31 Å². The van der Waals surface area contributed by atoms with Crippen molar-refractivity contribution >= 4 is 33.0 Å². The van der Waals surface area contributed by atoms with E-state index < -0.39 is 15.8 Å². The zero-order valence-corrected chi connectivity index (χ0v) is 12.8. The fourth-order valence-corrected chi connectivity index (χ4v) is 3.80. The van der Waals surface area contributed by atoms with Crippen LogP contribution >= 0.6 is 11.6 Å². The molecule has 21 heavy (non-hydrogen) atoms. The summed E-state index contributed by atoms with van der Waals surface area (Å²) in [6.45, 7) is 1.86. The minimum Gasteiger partial charge on any atom is -0.398 e. The number of nitrogens with two attached hydrogens (primary N) is 1. The molecule has 0 aromatic heterocycles. The summed E-state index contributed by atoms with van der Waals surface area (Å²) in [7, 11) is -3.87. The van der Waals surface area contributed by atoms with Crippen LogP contribution in [-0.4, -0.2) is 15.0 Å². The largest absolute Gasteiger partial charge is 0.398 e. The molecule has 0 radical (unpaired) electrons. The number of nitrogen functional groups attached to an aromatic ring is 1. The van der Waals surface area contributed by atoms with Crippen molar-refractivity contribution in [2.45, 2.75) is 11.8 Å². The van der Waals surface area contributed by atoms with Gasteiger partial charge in [-0.15, -0.1) is 0 Å². The van der Waals surface area contributed by atoms with Crippen LogP contribution in [0.3, 0.4) is 0 Å². The lowest BCUT2D eigenvalue weighted by atomic mass is 10.3. The first-order chi connectivity index (χ1) is 9.86. The molecule has 2 rings (SSSR count). The van der Waals surface area contributed by atoms with Crippen LogP contribution in [0.4, 0.5) is 15.8 Å². The summed E-state index contributed by atoms with van der Waals surface area (Å²) >= 11 is 5.85. The quantitative estimate of drug-likeness (QED) is 0.876. The highest BCUT2D eigenvalue weighted by Crippen LogP contribution is 2.29. The minimum absolute atomic E-state index is 0.0684. The summed E-state index contributed by atoms with van der Waals surface area (Å²) in [6.07, 6.45) is 0. The first-order valence-corrected chi connectivity index (χ1v) is 8.01. The standard InChI is InChI=1S/C14H14ClFN2O2S/c1-2-18(12-6-4-11(16)5-7-12)21(19,20)14-9-10(15)3-8-13(14)17/h3-9H,2,17H2,1H3. The third kappa shape index (κ3) is 3.11. The van der Waals surface area contributed by atoms with E-state index in [0.29, 0.717) is 5.69 Å². The number of sulfonamides is 1. The molecule has 2 N–H and O–H groups in total. The monoisotopic (exact) mass is 328 g/mol. The second-order valence-corrected chi connectivity index (χ2v) is 6.60. The second kappa shape index (κ2) is 5.91. The van der Waals surface area contributed by atoms with Gasteiger partial charge < -0.3 is 5.73 Å². The first-order valence-electron chi connectivity index (χ1n) is 6.19. The SMILES string of the molecule is CCN(c1ccc(F)cc1)S(=O)(=O)c1cc(Cl)ccc1N. The number of hydrogen-bond acceptors (Lipinski definition) is 3. The van der Waals surface area contributed by atoms with Crippen molar-refractivity contribution in [3.8, 4) is 0 Å².